The predicted molar refractivity (Wildman–Crippen MR) is 75.3 cm³/mol. The van der Waals surface area contributed by atoms with Crippen molar-refractivity contribution in [1.29, 1.82) is 0 Å². The number of nitrogens with two attached hydrogens (primary N) is 1. The molecule has 0 atom stereocenters. The van der Waals surface area contributed by atoms with E-state index in [9.17, 15) is 0 Å². The van der Waals surface area contributed by atoms with Gasteiger partial charge in [0.25, 0.3) is 0 Å². The van der Waals surface area contributed by atoms with Crippen molar-refractivity contribution in [2.24, 2.45) is 5.73 Å². The molecule has 17 heavy (non-hydrogen) atoms. The van der Waals surface area contributed by atoms with Crippen molar-refractivity contribution >= 4 is 44.6 Å². The molecule has 0 fully saturated rings. The third-order valence-corrected chi connectivity index (χ3v) is 2.69. The molecular weight excluding hydrogens is 300 g/mol. The Morgan fingerprint density at radius 1 is 1.35 bits per heavy atom. The summed E-state index contributed by atoms with van der Waals surface area (Å²) in [6.45, 7) is 0. The number of aromatic nitrogens is 2. The van der Waals surface area contributed by atoms with Gasteiger partial charge in [0.2, 0.25) is 0 Å². The lowest BCUT2D eigenvalue weighted by Crippen LogP contribution is -2.09. The van der Waals surface area contributed by atoms with E-state index in [4.69, 9.17) is 18.0 Å². The van der Waals surface area contributed by atoms with E-state index in [1.165, 1.54) is 0 Å². The monoisotopic (exact) mass is 308 g/mol. The summed E-state index contributed by atoms with van der Waals surface area (Å²) in [6.07, 6.45) is 5.08. The van der Waals surface area contributed by atoms with Gasteiger partial charge in [0.1, 0.15) is 10.8 Å². The predicted octanol–water partition coefficient (Wildman–Crippen LogP) is 2.62. The van der Waals surface area contributed by atoms with Crippen molar-refractivity contribution in [2.75, 3.05) is 5.32 Å². The zero-order valence-corrected chi connectivity index (χ0v) is 11.1. The Balaban J connectivity index is 2.24. The Bertz CT molecular complexity index is 559. The van der Waals surface area contributed by atoms with E-state index in [1.807, 2.05) is 6.07 Å². The van der Waals surface area contributed by atoms with Crippen LogP contribution in [0.15, 0.2) is 41.3 Å². The van der Waals surface area contributed by atoms with E-state index in [1.54, 1.807) is 30.7 Å². The van der Waals surface area contributed by atoms with Crippen LogP contribution in [-0.4, -0.2) is 15.0 Å². The van der Waals surface area contributed by atoms with E-state index in [2.05, 4.69) is 31.2 Å². The zero-order chi connectivity index (χ0) is 12.3. The molecule has 0 bridgehead atoms. The first-order valence-electron chi connectivity index (χ1n) is 4.78. The first-order valence-corrected chi connectivity index (χ1v) is 5.99. The molecule has 2 aromatic rings. The number of pyridine rings is 2. The summed E-state index contributed by atoms with van der Waals surface area (Å²) in [5.74, 6) is 0.676. The fraction of sp³-hybridized carbons (Fsp3) is 0. The lowest BCUT2D eigenvalue weighted by Gasteiger charge is -2.06. The highest BCUT2D eigenvalue weighted by molar-refractivity contribution is 9.10. The number of anilines is 2. The first kappa shape index (κ1) is 11.9. The van der Waals surface area contributed by atoms with Gasteiger partial charge in [0, 0.05) is 22.4 Å². The van der Waals surface area contributed by atoms with Gasteiger partial charge in [0.05, 0.1) is 11.9 Å². The van der Waals surface area contributed by atoms with Gasteiger partial charge >= 0.3 is 0 Å². The summed E-state index contributed by atoms with van der Waals surface area (Å²) in [6, 6.07) is 5.47. The molecule has 0 radical (unpaired) electrons. The molecule has 0 aliphatic rings. The summed E-state index contributed by atoms with van der Waals surface area (Å²) >= 11 is 8.26. The molecule has 2 aromatic heterocycles. The lowest BCUT2D eigenvalue weighted by atomic mass is 10.2. The number of thiocarbonyl (C=S) groups is 1. The van der Waals surface area contributed by atoms with Crippen molar-refractivity contribution in [2.45, 2.75) is 0 Å². The largest absolute Gasteiger partial charge is 0.389 e. The van der Waals surface area contributed by atoms with E-state index in [-0.39, 0.29) is 0 Å². The standard InChI is InChI=1S/C11H9BrN4S/c12-8-4-9(6-14-5-8)16-10-3-7(11(13)17)1-2-15-10/h1-6H,(H2,13,17)(H,15,16). The first-order chi connectivity index (χ1) is 8.15. The van der Waals surface area contributed by atoms with Crippen LogP contribution in [0.1, 0.15) is 5.56 Å². The van der Waals surface area contributed by atoms with Gasteiger partial charge in [-0.1, -0.05) is 12.2 Å². The highest BCUT2D eigenvalue weighted by Crippen LogP contribution is 2.18. The maximum atomic E-state index is 5.56. The molecule has 0 amide bonds. The maximum absolute atomic E-state index is 5.56. The molecule has 2 rings (SSSR count). The van der Waals surface area contributed by atoms with Gasteiger partial charge in [-0.05, 0) is 34.1 Å². The number of nitrogens with zero attached hydrogens (tertiary/aromatic N) is 2. The molecule has 0 saturated carbocycles. The smallest absolute Gasteiger partial charge is 0.131 e. The van der Waals surface area contributed by atoms with Crippen LogP contribution in [0, 0.1) is 0 Å². The highest BCUT2D eigenvalue weighted by Gasteiger charge is 2.01. The summed E-state index contributed by atoms with van der Waals surface area (Å²) in [4.78, 5) is 8.58. The molecule has 86 valence electrons. The van der Waals surface area contributed by atoms with Crippen molar-refractivity contribution in [1.82, 2.24) is 9.97 Å². The molecule has 0 unspecified atom stereocenters. The maximum Gasteiger partial charge on any atom is 0.131 e. The Morgan fingerprint density at radius 3 is 2.88 bits per heavy atom. The Hall–Kier alpha value is -1.53. The second-order valence-corrected chi connectivity index (χ2v) is 4.67. The Kier molecular flexibility index (Phi) is 3.65. The van der Waals surface area contributed by atoms with Crippen molar-refractivity contribution in [3.63, 3.8) is 0 Å². The molecule has 0 aliphatic carbocycles. The lowest BCUT2D eigenvalue weighted by molar-refractivity contribution is 1.26. The minimum atomic E-state index is 0.350. The van der Waals surface area contributed by atoms with Gasteiger partial charge in [-0.2, -0.15) is 0 Å². The summed E-state index contributed by atoms with van der Waals surface area (Å²) in [5, 5.41) is 3.12. The third kappa shape index (κ3) is 3.21. The molecule has 4 nitrogen and oxygen atoms in total. The summed E-state index contributed by atoms with van der Waals surface area (Å²) < 4.78 is 0.896. The number of halogens is 1. The second kappa shape index (κ2) is 5.20. The second-order valence-electron chi connectivity index (χ2n) is 3.31. The Labute approximate surface area is 112 Å². The van der Waals surface area contributed by atoms with Crippen LogP contribution in [0.25, 0.3) is 0 Å². The van der Waals surface area contributed by atoms with Crippen LogP contribution in [0.3, 0.4) is 0 Å². The van der Waals surface area contributed by atoms with Crippen LogP contribution < -0.4 is 11.1 Å². The number of nitrogens with one attached hydrogen (secondary N) is 1. The highest BCUT2D eigenvalue weighted by atomic mass is 79.9. The molecule has 0 aromatic carbocycles. The van der Waals surface area contributed by atoms with E-state index >= 15 is 0 Å². The minimum Gasteiger partial charge on any atom is -0.389 e. The van der Waals surface area contributed by atoms with E-state index in [0.717, 1.165) is 15.7 Å². The van der Waals surface area contributed by atoms with Gasteiger partial charge in [0.15, 0.2) is 0 Å². The fourth-order valence-corrected chi connectivity index (χ4v) is 1.77. The van der Waals surface area contributed by atoms with Gasteiger partial charge in [-0.3, -0.25) is 4.98 Å². The van der Waals surface area contributed by atoms with E-state index < -0.39 is 0 Å². The average molecular weight is 309 g/mol. The molecule has 3 N–H and O–H groups in total. The van der Waals surface area contributed by atoms with Gasteiger partial charge < -0.3 is 11.1 Å². The molecule has 6 heteroatoms. The number of rotatable bonds is 3. The number of hydrogen-bond acceptors (Lipinski definition) is 4. The quantitative estimate of drug-likeness (QED) is 0.853. The Morgan fingerprint density at radius 2 is 2.18 bits per heavy atom. The molecule has 0 spiro atoms. The number of hydrogen-bond donors (Lipinski definition) is 2. The third-order valence-electron chi connectivity index (χ3n) is 2.02. The van der Waals surface area contributed by atoms with Crippen LogP contribution in [-0.2, 0) is 0 Å². The minimum absolute atomic E-state index is 0.350. The van der Waals surface area contributed by atoms with Crippen LogP contribution in [0.2, 0.25) is 0 Å². The normalized spacial score (nSPS) is 9.94. The van der Waals surface area contributed by atoms with Crippen LogP contribution in [0.5, 0.6) is 0 Å². The SMILES string of the molecule is NC(=S)c1ccnc(Nc2cncc(Br)c2)c1. The van der Waals surface area contributed by atoms with Gasteiger partial charge in [-0.25, -0.2) is 4.98 Å². The summed E-state index contributed by atoms with van der Waals surface area (Å²) in [5.41, 5.74) is 7.17. The average Bonchev–Trinajstić information content (AvgIpc) is 2.29. The van der Waals surface area contributed by atoms with Crippen LogP contribution in [0.4, 0.5) is 11.5 Å². The topological polar surface area (TPSA) is 63.8 Å². The van der Waals surface area contributed by atoms with Crippen molar-refractivity contribution in [3.05, 3.63) is 46.8 Å². The molecule has 0 saturated heterocycles. The summed E-state index contributed by atoms with van der Waals surface area (Å²) in [7, 11) is 0. The molecular formula is C11H9BrN4S. The van der Waals surface area contributed by atoms with Crippen LogP contribution >= 0.6 is 28.1 Å². The fourth-order valence-electron chi connectivity index (χ4n) is 1.28. The zero-order valence-electron chi connectivity index (χ0n) is 8.72. The molecule has 2 heterocycles. The van der Waals surface area contributed by atoms with Crippen molar-refractivity contribution in [3.8, 4) is 0 Å². The molecule has 0 aliphatic heterocycles. The van der Waals surface area contributed by atoms with Gasteiger partial charge in [-0.15, -0.1) is 0 Å². The van der Waals surface area contributed by atoms with Crippen molar-refractivity contribution < 1.29 is 0 Å². The van der Waals surface area contributed by atoms with E-state index in [0.29, 0.717) is 10.8 Å².